The van der Waals surface area contributed by atoms with Gasteiger partial charge in [-0.2, -0.15) is 0 Å². The highest BCUT2D eigenvalue weighted by atomic mass is 32.1. The summed E-state index contributed by atoms with van der Waals surface area (Å²) >= 11 is 4.79. The maximum absolute atomic E-state index is 9.92. The Kier molecular flexibility index (Phi) is 4.76. The molecule has 10 heavy (non-hydrogen) atoms. The van der Waals surface area contributed by atoms with E-state index in [0.717, 1.165) is 23.8 Å². The third-order valence-corrected chi connectivity index (χ3v) is 1.13. The van der Waals surface area contributed by atoms with Crippen LogP contribution in [-0.2, 0) is 4.79 Å². The van der Waals surface area contributed by atoms with Gasteiger partial charge in [-0.3, -0.25) is 0 Å². The van der Waals surface area contributed by atoms with Gasteiger partial charge in [0.05, 0.1) is 0 Å². The molecule has 1 N–H and O–H groups in total. The van der Waals surface area contributed by atoms with Crippen molar-refractivity contribution < 1.29 is 9.90 Å². The molecule has 0 fully saturated rings. The van der Waals surface area contributed by atoms with E-state index >= 15 is 0 Å². The predicted octanol–water partition coefficient (Wildman–Crippen LogP) is 1.80. The lowest BCUT2D eigenvalue weighted by Gasteiger charge is -1.88. The number of rotatable bonds is 4. The first-order chi connectivity index (χ1) is 4.63. The Balaban J connectivity index is 3.36. The highest BCUT2D eigenvalue weighted by Crippen LogP contribution is 1.93. The molecular weight excluding hydrogens is 148 g/mol. The zero-order valence-corrected chi connectivity index (χ0v) is 6.65. The van der Waals surface area contributed by atoms with E-state index in [9.17, 15) is 4.79 Å². The van der Waals surface area contributed by atoms with Crippen LogP contribution < -0.4 is 0 Å². The first-order valence-corrected chi connectivity index (χ1v) is 3.42. The van der Waals surface area contributed by atoms with Crippen LogP contribution in [0, 0.1) is 0 Å². The molecule has 0 unspecified atom stereocenters. The molecule has 0 heterocycles. The average molecular weight is 158 g/mol. The van der Waals surface area contributed by atoms with Gasteiger partial charge in [-0.1, -0.05) is 18.3 Å². The molecule has 0 amide bonds. The Morgan fingerprint density at radius 1 is 1.70 bits per heavy atom. The number of thiocarbonyl (C=S) groups is 1. The fourth-order valence-corrected chi connectivity index (χ4v) is 0.589. The average Bonchev–Trinajstić information content (AvgIpc) is 1.79. The second-order valence-electron chi connectivity index (χ2n) is 1.98. The molecule has 0 aromatic carbocycles. The van der Waals surface area contributed by atoms with Crippen molar-refractivity contribution in [2.75, 3.05) is 0 Å². The van der Waals surface area contributed by atoms with Crippen LogP contribution in [0.4, 0.5) is 0 Å². The van der Waals surface area contributed by atoms with Crippen LogP contribution in [0.25, 0.3) is 0 Å². The van der Waals surface area contributed by atoms with E-state index < -0.39 is 5.97 Å². The van der Waals surface area contributed by atoms with Crippen molar-refractivity contribution in [2.45, 2.75) is 19.8 Å². The molecule has 0 radical (unpaired) electrons. The van der Waals surface area contributed by atoms with Crippen LogP contribution in [0.5, 0.6) is 0 Å². The fourth-order valence-electron chi connectivity index (χ4n) is 0.471. The number of carboxylic acids is 1. The third-order valence-electron chi connectivity index (χ3n) is 0.923. The lowest BCUT2D eigenvalue weighted by Crippen LogP contribution is -1.87. The maximum Gasteiger partial charge on any atom is 0.327 e. The Hall–Kier alpha value is -0.700. The second-order valence-corrected chi connectivity index (χ2v) is 2.68. The second kappa shape index (κ2) is 5.11. The van der Waals surface area contributed by atoms with E-state index in [0.29, 0.717) is 0 Å². The standard InChI is InChI=1S/C7H10O2S/c1-6(10)4-2-3-5-7(8)9/h3,5H,2,4H2,1H3,(H,8,9). The van der Waals surface area contributed by atoms with Gasteiger partial charge < -0.3 is 5.11 Å². The first kappa shape index (κ1) is 9.30. The molecule has 0 bridgehead atoms. The number of hydrogen-bond donors (Lipinski definition) is 1. The topological polar surface area (TPSA) is 37.3 Å². The Morgan fingerprint density at radius 2 is 2.30 bits per heavy atom. The van der Waals surface area contributed by atoms with Crippen LogP contribution in [0.1, 0.15) is 19.8 Å². The Labute approximate surface area is 65.6 Å². The van der Waals surface area contributed by atoms with Crippen molar-refractivity contribution in [2.24, 2.45) is 0 Å². The van der Waals surface area contributed by atoms with E-state index in [1.165, 1.54) is 0 Å². The summed E-state index contributed by atoms with van der Waals surface area (Å²) in [6.07, 6.45) is 4.26. The van der Waals surface area contributed by atoms with Gasteiger partial charge in [0.15, 0.2) is 0 Å². The van der Waals surface area contributed by atoms with Crippen LogP contribution >= 0.6 is 12.2 Å². The van der Waals surface area contributed by atoms with Gasteiger partial charge >= 0.3 is 5.97 Å². The predicted molar refractivity (Wildman–Crippen MR) is 44.3 cm³/mol. The molecule has 0 aliphatic rings. The molecule has 0 atom stereocenters. The summed E-state index contributed by atoms with van der Waals surface area (Å²) in [5, 5.41) is 8.16. The summed E-state index contributed by atoms with van der Waals surface area (Å²) in [4.78, 5) is 10.8. The molecule has 0 rings (SSSR count). The summed E-state index contributed by atoms with van der Waals surface area (Å²) in [5.41, 5.74) is 0. The largest absolute Gasteiger partial charge is 0.478 e. The number of hydrogen-bond acceptors (Lipinski definition) is 2. The fraction of sp³-hybridized carbons (Fsp3) is 0.429. The van der Waals surface area contributed by atoms with E-state index in [1.54, 1.807) is 6.08 Å². The van der Waals surface area contributed by atoms with Gasteiger partial charge in [0.2, 0.25) is 0 Å². The summed E-state index contributed by atoms with van der Waals surface area (Å²) < 4.78 is 0. The van der Waals surface area contributed by atoms with Crippen molar-refractivity contribution in [1.29, 1.82) is 0 Å². The minimum Gasteiger partial charge on any atom is -0.478 e. The third kappa shape index (κ3) is 7.30. The monoisotopic (exact) mass is 158 g/mol. The zero-order valence-electron chi connectivity index (χ0n) is 5.83. The summed E-state index contributed by atoms with van der Waals surface area (Å²) in [6.45, 7) is 1.85. The summed E-state index contributed by atoms with van der Waals surface area (Å²) in [6, 6.07) is 0. The quantitative estimate of drug-likeness (QED) is 0.500. The van der Waals surface area contributed by atoms with Gasteiger partial charge in [0.1, 0.15) is 0 Å². The molecule has 0 saturated carbocycles. The van der Waals surface area contributed by atoms with Crippen molar-refractivity contribution >= 4 is 23.1 Å². The first-order valence-electron chi connectivity index (χ1n) is 3.02. The Morgan fingerprint density at radius 3 is 2.70 bits per heavy atom. The molecule has 0 aliphatic heterocycles. The van der Waals surface area contributed by atoms with Gasteiger partial charge in [-0.15, -0.1) is 0 Å². The van der Waals surface area contributed by atoms with Gasteiger partial charge in [-0.25, -0.2) is 4.79 Å². The summed E-state index contributed by atoms with van der Waals surface area (Å²) in [7, 11) is 0. The number of carbonyl (C=O) groups is 1. The highest BCUT2D eigenvalue weighted by Gasteiger charge is 1.86. The van der Waals surface area contributed by atoms with Gasteiger partial charge in [0.25, 0.3) is 0 Å². The molecule has 0 aromatic heterocycles. The number of aliphatic carboxylic acids is 1. The lowest BCUT2D eigenvalue weighted by atomic mass is 10.2. The molecule has 56 valence electrons. The van der Waals surface area contributed by atoms with Crippen LogP contribution in [0.3, 0.4) is 0 Å². The van der Waals surface area contributed by atoms with Gasteiger partial charge in [-0.05, 0) is 24.6 Å². The van der Waals surface area contributed by atoms with E-state index in [2.05, 4.69) is 0 Å². The molecule has 0 spiro atoms. The number of carboxylic acid groups (broad SMARTS) is 1. The maximum atomic E-state index is 9.92. The smallest absolute Gasteiger partial charge is 0.327 e. The Bertz CT molecular complexity index is 161. The van der Waals surface area contributed by atoms with E-state index in [4.69, 9.17) is 17.3 Å². The van der Waals surface area contributed by atoms with Crippen LogP contribution in [0.2, 0.25) is 0 Å². The van der Waals surface area contributed by atoms with Crippen LogP contribution in [-0.4, -0.2) is 15.9 Å². The summed E-state index contributed by atoms with van der Waals surface area (Å²) in [5.74, 6) is -0.901. The molecule has 0 aliphatic carbocycles. The van der Waals surface area contributed by atoms with Gasteiger partial charge in [0, 0.05) is 6.08 Å². The minimum atomic E-state index is -0.901. The van der Waals surface area contributed by atoms with Crippen molar-refractivity contribution in [3.8, 4) is 0 Å². The molecular formula is C7H10O2S. The van der Waals surface area contributed by atoms with Crippen LogP contribution in [0.15, 0.2) is 12.2 Å². The minimum absolute atomic E-state index is 0.724. The van der Waals surface area contributed by atoms with Crippen molar-refractivity contribution in [1.82, 2.24) is 0 Å². The normalized spacial score (nSPS) is 10.1. The molecule has 2 nitrogen and oxygen atoms in total. The van der Waals surface area contributed by atoms with Crippen molar-refractivity contribution in [3.63, 3.8) is 0 Å². The highest BCUT2D eigenvalue weighted by molar-refractivity contribution is 7.80. The lowest BCUT2D eigenvalue weighted by molar-refractivity contribution is -0.131. The number of allylic oxidation sites excluding steroid dienone is 1. The molecule has 0 aromatic rings. The SMILES string of the molecule is CC(=S)CCC=CC(=O)O. The zero-order chi connectivity index (χ0) is 7.98. The van der Waals surface area contributed by atoms with E-state index in [-0.39, 0.29) is 0 Å². The van der Waals surface area contributed by atoms with Crippen molar-refractivity contribution in [3.05, 3.63) is 12.2 Å². The van der Waals surface area contributed by atoms with E-state index in [1.807, 2.05) is 6.92 Å². The molecule has 3 heteroatoms. The molecule has 0 saturated heterocycles.